The predicted molar refractivity (Wildman–Crippen MR) is 147 cm³/mol. The molecular formula is C28H32N4O3S. The number of primary amides is 1. The largest absolute Gasteiger partial charge is 0.490 e. The van der Waals surface area contributed by atoms with Crippen LogP contribution in [-0.4, -0.2) is 63.4 Å². The van der Waals surface area contributed by atoms with Crippen LogP contribution in [-0.2, 0) is 0 Å². The molecule has 5 rings (SSSR count). The molecule has 0 radical (unpaired) electrons. The highest BCUT2D eigenvalue weighted by atomic mass is 32.1. The van der Waals surface area contributed by atoms with E-state index in [1.165, 1.54) is 5.69 Å². The van der Waals surface area contributed by atoms with Crippen molar-refractivity contribution < 1.29 is 14.3 Å². The average Bonchev–Trinajstić information content (AvgIpc) is 3.17. The Balaban J connectivity index is 1.09. The van der Waals surface area contributed by atoms with E-state index in [0.29, 0.717) is 19.8 Å². The lowest BCUT2D eigenvalue weighted by atomic mass is 10.2. The van der Waals surface area contributed by atoms with Gasteiger partial charge >= 0.3 is 6.03 Å². The number of anilines is 2. The van der Waals surface area contributed by atoms with E-state index in [4.69, 9.17) is 21.6 Å². The zero-order valence-corrected chi connectivity index (χ0v) is 21.3. The minimum Gasteiger partial charge on any atom is -0.490 e. The molecule has 7 nitrogen and oxygen atoms in total. The monoisotopic (exact) mass is 504 g/mol. The molecule has 188 valence electrons. The van der Waals surface area contributed by atoms with Gasteiger partial charge in [-0.1, -0.05) is 12.0 Å². The van der Waals surface area contributed by atoms with Crippen molar-refractivity contribution in [3.63, 3.8) is 0 Å². The quantitative estimate of drug-likeness (QED) is 0.378. The number of unbranched alkanes of at least 4 members (excludes halogenated alkanes) is 1. The summed E-state index contributed by atoms with van der Waals surface area (Å²) < 4.78 is 12.7. The molecule has 1 saturated heterocycles. The van der Waals surface area contributed by atoms with Crippen LogP contribution in [0.2, 0.25) is 0 Å². The summed E-state index contributed by atoms with van der Waals surface area (Å²) in [6.45, 7) is 7.03. The molecule has 0 atom stereocenters. The SMILES string of the molecule is C#Cc1ccc2cc(N(CCCCN3CCN(c4ccc5c(c4)OCCCO5)CC3)C(N)=O)sc2c1. The van der Waals surface area contributed by atoms with Crippen LogP contribution in [0.15, 0.2) is 42.5 Å². The minimum atomic E-state index is -0.414. The fourth-order valence-corrected chi connectivity index (χ4v) is 5.89. The fourth-order valence-electron chi connectivity index (χ4n) is 4.75. The first-order chi connectivity index (χ1) is 17.6. The molecule has 2 amide bonds. The number of nitrogens with zero attached hydrogens (tertiary/aromatic N) is 3. The van der Waals surface area contributed by atoms with Crippen molar-refractivity contribution in [2.75, 3.05) is 62.3 Å². The van der Waals surface area contributed by atoms with E-state index >= 15 is 0 Å². The Kier molecular flexibility index (Phi) is 7.49. The molecule has 0 unspecified atom stereocenters. The number of benzene rings is 2. The van der Waals surface area contributed by atoms with Crippen LogP contribution in [0.4, 0.5) is 15.5 Å². The zero-order valence-electron chi connectivity index (χ0n) is 20.4. The summed E-state index contributed by atoms with van der Waals surface area (Å²) in [7, 11) is 0. The molecule has 2 aliphatic heterocycles. The topological polar surface area (TPSA) is 71.3 Å². The van der Waals surface area contributed by atoms with Crippen molar-refractivity contribution in [1.82, 2.24) is 4.90 Å². The molecule has 3 aromatic rings. The number of rotatable bonds is 7. The van der Waals surface area contributed by atoms with Gasteiger partial charge in [-0.15, -0.1) is 17.8 Å². The predicted octanol–water partition coefficient (Wildman–Crippen LogP) is 4.53. The molecule has 0 aliphatic carbocycles. The lowest BCUT2D eigenvalue weighted by Crippen LogP contribution is -2.46. The third-order valence-electron chi connectivity index (χ3n) is 6.78. The lowest BCUT2D eigenvalue weighted by molar-refractivity contribution is 0.249. The highest BCUT2D eigenvalue weighted by Crippen LogP contribution is 2.35. The number of thiophene rings is 1. The number of carbonyl (C=O) groups excluding carboxylic acids is 1. The molecule has 1 aromatic heterocycles. The molecule has 0 saturated carbocycles. The first-order valence-corrected chi connectivity index (χ1v) is 13.4. The highest BCUT2D eigenvalue weighted by Gasteiger charge is 2.20. The zero-order chi connectivity index (χ0) is 24.9. The Labute approximate surface area is 216 Å². The van der Waals surface area contributed by atoms with Crippen molar-refractivity contribution >= 4 is 38.1 Å². The van der Waals surface area contributed by atoms with E-state index in [0.717, 1.165) is 84.1 Å². The number of ether oxygens (including phenoxy) is 2. The van der Waals surface area contributed by atoms with Gasteiger partial charge in [0.2, 0.25) is 0 Å². The van der Waals surface area contributed by atoms with E-state index < -0.39 is 6.03 Å². The maximum atomic E-state index is 12.2. The maximum absolute atomic E-state index is 12.2. The van der Waals surface area contributed by atoms with Crippen molar-refractivity contribution in [3.05, 3.63) is 48.0 Å². The maximum Gasteiger partial charge on any atom is 0.319 e. The van der Waals surface area contributed by atoms with Crippen molar-refractivity contribution in [1.29, 1.82) is 0 Å². The molecule has 2 N–H and O–H groups in total. The van der Waals surface area contributed by atoms with Crippen molar-refractivity contribution in [2.24, 2.45) is 5.73 Å². The van der Waals surface area contributed by atoms with E-state index in [1.54, 1.807) is 16.2 Å². The first-order valence-electron chi connectivity index (χ1n) is 12.5. The standard InChI is InChI=1S/C28H32N4O3S/c1-2-21-6-7-22-19-27(36-26(22)18-21)32(28(29)33)11-4-3-10-30-12-14-31(15-13-30)23-8-9-24-25(20-23)35-17-5-16-34-24/h1,6-9,18-20H,3-5,10-17H2,(H2,29,33). The van der Waals surface area contributed by atoms with E-state index in [1.807, 2.05) is 30.3 Å². The second-order valence-corrected chi connectivity index (χ2v) is 10.3. The number of hydrogen-bond acceptors (Lipinski definition) is 6. The summed E-state index contributed by atoms with van der Waals surface area (Å²) in [6, 6.07) is 13.8. The molecule has 0 spiro atoms. The second kappa shape index (κ2) is 11.1. The molecule has 2 aliphatic rings. The Morgan fingerprint density at radius 2 is 1.83 bits per heavy atom. The van der Waals surface area contributed by atoms with E-state index in [9.17, 15) is 4.79 Å². The summed E-state index contributed by atoms with van der Waals surface area (Å²) in [4.78, 5) is 18.8. The number of nitrogens with two attached hydrogens (primary N) is 1. The second-order valence-electron chi connectivity index (χ2n) is 9.19. The van der Waals surface area contributed by atoms with Gasteiger partial charge in [0.05, 0.1) is 13.2 Å². The van der Waals surface area contributed by atoms with Gasteiger partial charge in [0.15, 0.2) is 11.5 Å². The summed E-state index contributed by atoms with van der Waals surface area (Å²) in [5, 5.41) is 1.95. The average molecular weight is 505 g/mol. The van der Waals surface area contributed by atoms with Gasteiger partial charge in [-0.3, -0.25) is 9.80 Å². The van der Waals surface area contributed by atoms with E-state index in [2.05, 4.69) is 27.9 Å². The van der Waals surface area contributed by atoms with Gasteiger partial charge in [0, 0.05) is 61.2 Å². The Hall–Kier alpha value is -3.41. The normalized spacial score (nSPS) is 15.9. The number of fused-ring (bicyclic) bond motifs is 2. The molecule has 1 fully saturated rings. The minimum absolute atomic E-state index is 0.414. The lowest BCUT2D eigenvalue weighted by Gasteiger charge is -2.36. The van der Waals surface area contributed by atoms with Crippen LogP contribution in [0.3, 0.4) is 0 Å². The number of terminal acetylenes is 1. The smallest absolute Gasteiger partial charge is 0.319 e. The van der Waals surface area contributed by atoms with Gasteiger partial charge in [-0.25, -0.2) is 4.79 Å². The van der Waals surface area contributed by atoms with Crippen molar-refractivity contribution in [3.8, 4) is 23.8 Å². The van der Waals surface area contributed by atoms with Crippen LogP contribution >= 0.6 is 11.3 Å². The third-order valence-corrected chi connectivity index (χ3v) is 7.90. The fraction of sp³-hybridized carbons (Fsp3) is 0.393. The van der Waals surface area contributed by atoms with Crippen LogP contribution in [0.1, 0.15) is 24.8 Å². The van der Waals surface area contributed by atoms with Crippen LogP contribution in [0, 0.1) is 12.3 Å². The number of piperazine rings is 1. The molecule has 36 heavy (non-hydrogen) atoms. The summed E-state index contributed by atoms with van der Waals surface area (Å²) >= 11 is 1.55. The number of amides is 2. The van der Waals surface area contributed by atoms with Crippen LogP contribution in [0.25, 0.3) is 10.1 Å². The van der Waals surface area contributed by atoms with Gasteiger partial charge in [-0.2, -0.15) is 0 Å². The third kappa shape index (κ3) is 5.53. The van der Waals surface area contributed by atoms with Gasteiger partial charge in [-0.05, 0) is 55.1 Å². The Morgan fingerprint density at radius 1 is 1.03 bits per heavy atom. The Bertz CT molecular complexity index is 1260. The van der Waals surface area contributed by atoms with Crippen LogP contribution < -0.4 is 25.0 Å². The summed E-state index contributed by atoms with van der Waals surface area (Å²) in [5.74, 6) is 4.35. The molecule has 2 aromatic carbocycles. The summed E-state index contributed by atoms with van der Waals surface area (Å²) in [5.41, 5.74) is 7.75. The molecular weight excluding hydrogens is 472 g/mol. The van der Waals surface area contributed by atoms with Crippen molar-refractivity contribution in [2.45, 2.75) is 19.3 Å². The number of carbonyl (C=O) groups is 1. The van der Waals surface area contributed by atoms with E-state index in [-0.39, 0.29) is 0 Å². The Morgan fingerprint density at radius 3 is 2.61 bits per heavy atom. The van der Waals surface area contributed by atoms with Crippen LogP contribution in [0.5, 0.6) is 11.5 Å². The van der Waals surface area contributed by atoms with Gasteiger partial charge in [0.25, 0.3) is 0 Å². The van der Waals surface area contributed by atoms with Gasteiger partial charge in [0.1, 0.15) is 5.00 Å². The number of urea groups is 1. The van der Waals surface area contributed by atoms with Gasteiger partial charge < -0.3 is 20.1 Å². The molecule has 8 heteroatoms. The first kappa shape index (κ1) is 24.3. The summed E-state index contributed by atoms with van der Waals surface area (Å²) in [6.07, 6.45) is 8.34. The molecule has 3 heterocycles. The molecule has 0 bridgehead atoms. The highest BCUT2D eigenvalue weighted by molar-refractivity contribution is 7.23. The number of hydrogen-bond donors (Lipinski definition) is 1.